The zero-order chi connectivity index (χ0) is 20.1. The van der Waals surface area contributed by atoms with E-state index in [0.29, 0.717) is 27.9 Å². The molecule has 0 atom stereocenters. The van der Waals surface area contributed by atoms with E-state index in [1.54, 1.807) is 24.3 Å². The van der Waals surface area contributed by atoms with Crippen molar-refractivity contribution in [3.05, 3.63) is 46.5 Å². The Morgan fingerprint density at radius 1 is 1.11 bits per heavy atom. The van der Waals surface area contributed by atoms with Crippen LogP contribution in [-0.4, -0.2) is 32.6 Å². The molecule has 0 aromatic heterocycles. The molecule has 7 heteroatoms. The van der Waals surface area contributed by atoms with E-state index < -0.39 is 0 Å². The first-order valence-electron chi connectivity index (χ1n) is 8.33. The summed E-state index contributed by atoms with van der Waals surface area (Å²) in [7, 11) is 3.03. The molecule has 2 rings (SSSR count). The summed E-state index contributed by atoms with van der Waals surface area (Å²) in [6.07, 6.45) is 0. The van der Waals surface area contributed by atoms with E-state index in [-0.39, 0.29) is 18.4 Å². The number of anilines is 2. The number of carbonyl (C=O) groups excluding carboxylic acids is 2. The molecule has 0 aliphatic heterocycles. The van der Waals surface area contributed by atoms with Crippen LogP contribution in [0.2, 0.25) is 5.02 Å². The van der Waals surface area contributed by atoms with Gasteiger partial charge in [-0.2, -0.15) is 0 Å². The molecule has 6 nitrogen and oxygen atoms in total. The summed E-state index contributed by atoms with van der Waals surface area (Å²) in [6.45, 7) is 5.00. The number of carbonyl (C=O) groups is 2. The minimum absolute atomic E-state index is 0.179. The lowest BCUT2D eigenvalue weighted by Gasteiger charge is -2.23. The molecule has 0 radical (unpaired) electrons. The number of aryl methyl sites for hydroxylation is 2. The summed E-state index contributed by atoms with van der Waals surface area (Å²) in [5.74, 6) is 0.366. The highest BCUT2D eigenvalue weighted by molar-refractivity contribution is 6.34. The van der Waals surface area contributed by atoms with Crippen LogP contribution < -0.4 is 19.7 Å². The smallest absolute Gasteiger partial charge is 0.244 e. The second kappa shape index (κ2) is 8.77. The Labute approximate surface area is 164 Å². The van der Waals surface area contributed by atoms with Crippen LogP contribution in [0.25, 0.3) is 0 Å². The number of methoxy groups -OCH3 is 2. The van der Waals surface area contributed by atoms with Crippen molar-refractivity contribution < 1.29 is 19.1 Å². The number of nitrogens with zero attached hydrogens (tertiary/aromatic N) is 1. The maximum absolute atomic E-state index is 12.6. The molecule has 0 saturated carbocycles. The number of hydrogen-bond donors (Lipinski definition) is 1. The van der Waals surface area contributed by atoms with Crippen molar-refractivity contribution >= 4 is 34.8 Å². The minimum Gasteiger partial charge on any atom is -0.497 e. The van der Waals surface area contributed by atoms with Crippen molar-refractivity contribution in [1.82, 2.24) is 0 Å². The van der Waals surface area contributed by atoms with E-state index in [4.69, 9.17) is 21.1 Å². The molecular formula is C20H23ClN2O4. The maximum atomic E-state index is 12.6. The molecule has 0 aliphatic carbocycles. The van der Waals surface area contributed by atoms with Gasteiger partial charge in [0.1, 0.15) is 18.0 Å². The summed E-state index contributed by atoms with van der Waals surface area (Å²) in [4.78, 5) is 26.1. The van der Waals surface area contributed by atoms with E-state index in [0.717, 1.165) is 11.1 Å². The van der Waals surface area contributed by atoms with Crippen molar-refractivity contribution in [2.45, 2.75) is 20.8 Å². The molecule has 27 heavy (non-hydrogen) atoms. The number of ether oxygens (including phenoxy) is 2. The molecule has 0 heterocycles. The highest BCUT2D eigenvalue weighted by Gasteiger charge is 2.21. The SMILES string of the molecule is COc1ccc(N(CC(=O)Nc2c(C)cc(C)cc2Cl)C(C)=O)c(OC)c1. The van der Waals surface area contributed by atoms with Gasteiger partial charge in [0.05, 0.1) is 30.6 Å². The van der Waals surface area contributed by atoms with E-state index >= 15 is 0 Å². The lowest BCUT2D eigenvalue weighted by Crippen LogP contribution is -2.37. The largest absolute Gasteiger partial charge is 0.497 e. The Morgan fingerprint density at radius 3 is 2.37 bits per heavy atom. The second-order valence-corrected chi connectivity index (χ2v) is 6.54. The molecule has 2 aromatic carbocycles. The quantitative estimate of drug-likeness (QED) is 0.810. The first kappa shape index (κ1) is 20.6. The number of halogens is 1. The topological polar surface area (TPSA) is 67.9 Å². The number of amides is 2. The molecule has 2 aromatic rings. The number of hydrogen-bond acceptors (Lipinski definition) is 4. The van der Waals surface area contributed by atoms with Crippen LogP contribution in [0.3, 0.4) is 0 Å². The van der Waals surface area contributed by atoms with Crippen LogP contribution in [0.15, 0.2) is 30.3 Å². The molecule has 2 amide bonds. The summed E-state index contributed by atoms with van der Waals surface area (Å²) < 4.78 is 10.5. The van der Waals surface area contributed by atoms with Crippen molar-refractivity contribution in [2.24, 2.45) is 0 Å². The van der Waals surface area contributed by atoms with Crippen LogP contribution in [0.5, 0.6) is 11.5 Å². The van der Waals surface area contributed by atoms with Crippen LogP contribution in [-0.2, 0) is 9.59 Å². The normalized spacial score (nSPS) is 10.3. The lowest BCUT2D eigenvalue weighted by molar-refractivity contribution is -0.120. The Morgan fingerprint density at radius 2 is 1.81 bits per heavy atom. The van der Waals surface area contributed by atoms with E-state index in [9.17, 15) is 9.59 Å². The van der Waals surface area contributed by atoms with Gasteiger partial charge in [-0.3, -0.25) is 14.5 Å². The first-order valence-corrected chi connectivity index (χ1v) is 8.71. The predicted molar refractivity (Wildman–Crippen MR) is 107 cm³/mol. The fourth-order valence-corrected chi connectivity index (χ4v) is 3.14. The maximum Gasteiger partial charge on any atom is 0.244 e. The van der Waals surface area contributed by atoms with Gasteiger partial charge in [-0.15, -0.1) is 0 Å². The molecule has 0 bridgehead atoms. The molecule has 0 fully saturated rings. The fraction of sp³-hybridized carbons (Fsp3) is 0.300. The summed E-state index contributed by atoms with van der Waals surface area (Å²) in [5, 5.41) is 3.25. The molecule has 0 aliphatic rings. The summed E-state index contributed by atoms with van der Waals surface area (Å²) in [6, 6.07) is 8.74. The van der Waals surface area contributed by atoms with Gasteiger partial charge in [0.2, 0.25) is 11.8 Å². The van der Waals surface area contributed by atoms with E-state index in [1.807, 2.05) is 19.9 Å². The summed E-state index contributed by atoms with van der Waals surface area (Å²) >= 11 is 6.25. The van der Waals surface area contributed by atoms with Crippen molar-refractivity contribution in [2.75, 3.05) is 31.0 Å². The Hall–Kier alpha value is -2.73. The van der Waals surface area contributed by atoms with Crippen molar-refractivity contribution in [1.29, 1.82) is 0 Å². The van der Waals surface area contributed by atoms with Gasteiger partial charge in [-0.25, -0.2) is 0 Å². The van der Waals surface area contributed by atoms with Crippen LogP contribution in [0, 0.1) is 13.8 Å². The zero-order valence-corrected chi connectivity index (χ0v) is 16.8. The standard InChI is InChI=1S/C20H23ClN2O4/c1-12-8-13(2)20(16(21)9-12)22-19(25)11-23(14(3)24)17-7-6-15(26-4)10-18(17)27-5/h6-10H,11H2,1-5H3,(H,22,25). The van der Waals surface area contributed by atoms with Gasteiger partial charge < -0.3 is 14.8 Å². The third-order valence-corrected chi connectivity index (χ3v) is 4.35. The van der Waals surface area contributed by atoms with Gasteiger partial charge in [-0.05, 0) is 43.2 Å². The van der Waals surface area contributed by atoms with Gasteiger partial charge in [0.25, 0.3) is 0 Å². The third kappa shape index (κ3) is 4.92. The molecule has 144 valence electrons. The van der Waals surface area contributed by atoms with E-state index in [1.165, 1.54) is 26.0 Å². The second-order valence-electron chi connectivity index (χ2n) is 6.13. The lowest BCUT2D eigenvalue weighted by atomic mass is 10.1. The predicted octanol–water partition coefficient (Wildman–Crippen LogP) is 3.97. The van der Waals surface area contributed by atoms with E-state index in [2.05, 4.69) is 5.32 Å². The van der Waals surface area contributed by atoms with Crippen molar-refractivity contribution in [3.63, 3.8) is 0 Å². The molecular weight excluding hydrogens is 368 g/mol. The highest BCUT2D eigenvalue weighted by Crippen LogP contribution is 2.33. The number of nitrogens with one attached hydrogen (secondary N) is 1. The molecule has 0 unspecified atom stereocenters. The average Bonchev–Trinajstić information content (AvgIpc) is 2.62. The molecule has 0 spiro atoms. The van der Waals surface area contributed by atoms with Gasteiger partial charge in [0.15, 0.2) is 0 Å². The van der Waals surface area contributed by atoms with Gasteiger partial charge in [-0.1, -0.05) is 17.7 Å². The highest BCUT2D eigenvalue weighted by atomic mass is 35.5. The Balaban J connectivity index is 2.27. The third-order valence-electron chi connectivity index (χ3n) is 4.06. The molecule has 0 saturated heterocycles. The fourth-order valence-electron chi connectivity index (χ4n) is 2.77. The zero-order valence-electron chi connectivity index (χ0n) is 16.1. The number of benzene rings is 2. The van der Waals surface area contributed by atoms with Gasteiger partial charge in [0, 0.05) is 13.0 Å². The van der Waals surface area contributed by atoms with Crippen LogP contribution in [0.1, 0.15) is 18.1 Å². The van der Waals surface area contributed by atoms with Crippen molar-refractivity contribution in [3.8, 4) is 11.5 Å². The first-order chi connectivity index (χ1) is 12.8. The van der Waals surface area contributed by atoms with Crippen LogP contribution in [0.4, 0.5) is 11.4 Å². The minimum atomic E-state index is -0.364. The van der Waals surface area contributed by atoms with Crippen LogP contribution >= 0.6 is 11.6 Å². The Kier molecular flexibility index (Phi) is 6.69. The molecule has 1 N–H and O–H groups in total. The Bertz CT molecular complexity index is 844. The summed E-state index contributed by atoms with van der Waals surface area (Å²) in [5.41, 5.74) is 2.87. The average molecular weight is 391 g/mol. The number of rotatable bonds is 6. The van der Waals surface area contributed by atoms with Gasteiger partial charge >= 0.3 is 0 Å². The monoisotopic (exact) mass is 390 g/mol.